The van der Waals surface area contributed by atoms with E-state index in [-0.39, 0.29) is 5.82 Å². The number of ether oxygens (including phenoxy) is 3. The molecule has 1 saturated heterocycles. The van der Waals surface area contributed by atoms with Crippen molar-refractivity contribution < 1.29 is 37.4 Å². The largest absolute Gasteiger partial charge is 0.453 e. The SMILES string of the molecule is COC1C(OC(=O)c2ccccc2)C(C=CP(=O)(OC(C)C)OC(C)C)OC1n1ccc(NC(=O)c2ccccc2)nc1=O. The molecule has 2 aromatic carbocycles. The maximum atomic E-state index is 13.5. The van der Waals surface area contributed by atoms with Crippen molar-refractivity contribution in [2.45, 2.75) is 64.4 Å². The number of carbonyl (C=O) groups is 2. The van der Waals surface area contributed by atoms with E-state index in [1.54, 1.807) is 88.4 Å². The van der Waals surface area contributed by atoms with Crippen LogP contribution in [0.25, 0.3) is 0 Å². The highest BCUT2D eigenvalue weighted by atomic mass is 31.2. The first kappa shape index (κ1) is 33.0. The molecule has 1 N–H and O–H groups in total. The minimum atomic E-state index is -3.74. The van der Waals surface area contributed by atoms with Crippen LogP contribution in [0.15, 0.2) is 89.6 Å². The van der Waals surface area contributed by atoms with Crippen LogP contribution < -0.4 is 11.0 Å². The molecule has 1 fully saturated rings. The standard InChI is InChI=1S/C31H36N3O9P/c1-20(2)42-44(38,43-21(3)4)19-17-24-26(41-30(36)23-14-10-7-11-15-23)27(39-5)29(40-24)34-18-16-25(33-31(34)37)32-28(35)22-12-8-6-9-13-22/h6-21,24,26-27,29H,1-5H3,(H,32,33,35,37). The average Bonchev–Trinajstić information content (AvgIpc) is 3.32. The second-order valence-corrected chi connectivity index (χ2v) is 12.2. The molecule has 44 heavy (non-hydrogen) atoms. The summed E-state index contributed by atoms with van der Waals surface area (Å²) in [7, 11) is -2.35. The van der Waals surface area contributed by atoms with Crippen LogP contribution in [0.1, 0.15) is 54.6 Å². The van der Waals surface area contributed by atoms with Gasteiger partial charge in [0, 0.05) is 24.7 Å². The monoisotopic (exact) mass is 625 g/mol. The summed E-state index contributed by atoms with van der Waals surface area (Å²) in [5.41, 5.74) is -0.0598. The third-order valence-electron chi connectivity index (χ3n) is 6.31. The predicted molar refractivity (Wildman–Crippen MR) is 162 cm³/mol. The molecule has 4 unspecified atom stereocenters. The molecule has 4 rings (SSSR count). The van der Waals surface area contributed by atoms with Crippen LogP contribution in [-0.4, -0.2) is 59.1 Å². The van der Waals surface area contributed by atoms with E-state index < -0.39 is 61.9 Å². The number of rotatable bonds is 12. The zero-order valence-electron chi connectivity index (χ0n) is 25.1. The van der Waals surface area contributed by atoms with Crippen molar-refractivity contribution >= 4 is 25.3 Å². The molecule has 234 valence electrons. The Morgan fingerprint density at radius 2 is 1.52 bits per heavy atom. The first-order valence-corrected chi connectivity index (χ1v) is 15.7. The van der Waals surface area contributed by atoms with E-state index in [4.69, 9.17) is 23.3 Å². The Morgan fingerprint density at radius 1 is 0.932 bits per heavy atom. The normalized spacial score (nSPS) is 20.3. The smallest absolute Gasteiger partial charge is 0.354 e. The molecule has 13 heteroatoms. The number of nitrogens with one attached hydrogen (secondary N) is 1. The number of aromatic nitrogens is 2. The highest BCUT2D eigenvalue weighted by molar-refractivity contribution is 7.57. The number of carbonyl (C=O) groups excluding carboxylic acids is 2. The molecule has 1 aliphatic rings. The molecule has 0 bridgehead atoms. The van der Waals surface area contributed by atoms with Gasteiger partial charge < -0.3 is 28.6 Å². The van der Waals surface area contributed by atoms with Gasteiger partial charge >= 0.3 is 19.3 Å². The van der Waals surface area contributed by atoms with Crippen molar-refractivity contribution in [3.05, 3.63) is 106 Å². The Morgan fingerprint density at radius 3 is 2.07 bits per heavy atom. The van der Waals surface area contributed by atoms with Crippen LogP contribution >= 0.6 is 7.60 Å². The van der Waals surface area contributed by atoms with Crippen LogP contribution in [0.4, 0.5) is 5.82 Å². The lowest BCUT2D eigenvalue weighted by Gasteiger charge is -2.23. The number of hydrogen-bond acceptors (Lipinski definition) is 10. The molecule has 1 aliphatic heterocycles. The summed E-state index contributed by atoms with van der Waals surface area (Å²) >= 11 is 0. The summed E-state index contributed by atoms with van der Waals surface area (Å²) in [5.74, 6) is 0.217. The number of nitrogens with zero attached hydrogens (tertiary/aromatic N) is 2. The molecule has 0 spiro atoms. The summed E-state index contributed by atoms with van der Waals surface area (Å²) in [6.45, 7) is 6.90. The number of esters is 1. The van der Waals surface area contributed by atoms with Gasteiger partial charge in [-0.15, -0.1) is 0 Å². The van der Waals surface area contributed by atoms with Crippen molar-refractivity contribution in [2.24, 2.45) is 0 Å². The van der Waals surface area contributed by atoms with E-state index in [1.165, 1.54) is 35.8 Å². The van der Waals surface area contributed by atoms with E-state index in [9.17, 15) is 18.9 Å². The van der Waals surface area contributed by atoms with Gasteiger partial charge in [0.2, 0.25) is 0 Å². The number of benzene rings is 2. The fourth-order valence-electron chi connectivity index (χ4n) is 4.52. The van der Waals surface area contributed by atoms with Gasteiger partial charge in [-0.3, -0.25) is 13.9 Å². The summed E-state index contributed by atoms with van der Waals surface area (Å²) in [4.78, 5) is 42.8. The number of amides is 1. The third-order valence-corrected chi connectivity index (χ3v) is 8.27. The average molecular weight is 626 g/mol. The molecule has 0 aliphatic carbocycles. The Hall–Kier alpha value is -3.93. The molecule has 0 radical (unpaired) electrons. The summed E-state index contributed by atoms with van der Waals surface area (Å²) < 4.78 is 43.6. The fourth-order valence-corrected chi connectivity index (χ4v) is 6.27. The Kier molecular flexibility index (Phi) is 11.0. The van der Waals surface area contributed by atoms with Crippen LogP contribution in [0.2, 0.25) is 0 Å². The Labute approximate surface area is 255 Å². The van der Waals surface area contributed by atoms with Gasteiger partial charge in [0.05, 0.1) is 17.8 Å². The number of methoxy groups -OCH3 is 1. The first-order chi connectivity index (χ1) is 21.0. The molecule has 1 aromatic heterocycles. The quantitative estimate of drug-likeness (QED) is 0.211. The van der Waals surface area contributed by atoms with Gasteiger partial charge in [-0.05, 0) is 64.1 Å². The van der Waals surface area contributed by atoms with E-state index in [0.717, 1.165) is 0 Å². The molecule has 12 nitrogen and oxygen atoms in total. The number of anilines is 1. The topological polar surface area (TPSA) is 144 Å². The lowest BCUT2D eigenvalue weighted by Crippen LogP contribution is -2.39. The van der Waals surface area contributed by atoms with Gasteiger partial charge in [-0.1, -0.05) is 36.4 Å². The second-order valence-electron chi connectivity index (χ2n) is 10.4. The highest BCUT2D eigenvalue weighted by Gasteiger charge is 2.48. The van der Waals surface area contributed by atoms with Gasteiger partial charge in [0.1, 0.15) is 18.0 Å². The van der Waals surface area contributed by atoms with Crippen LogP contribution in [0.5, 0.6) is 0 Å². The van der Waals surface area contributed by atoms with Gasteiger partial charge in [-0.2, -0.15) is 4.98 Å². The van der Waals surface area contributed by atoms with Crippen molar-refractivity contribution in [3.8, 4) is 0 Å². The second kappa shape index (κ2) is 14.7. The summed E-state index contributed by atoms with van der Waals surface area (Å²) in [5, 5.41) is 2.60. The minimum Gasteiger partial charge on any atom is -0.453 e. The zero-order valence-corrected chi connectivity index (χ0v) is 26.0. The third kappa shape index (κ3) is 8.37. The molecule has 4 atom stereocenters. The maximum Gasteiger partial charge on any atom is 0.354 e. The molecular formula is C31H36N3O9P. The fraction of sp³-hybridized carbons (Fsp3) is 0.355. The Balaban J connectivity index is 1.65. The number of hydrogen-bond donors (Lipinski definition) is 1. The molecule has 1 amide bonds. The molecular weight excluding hydrogens is 589 g/mol. The van der Waals surface area contributed by atoms with Crippen molar-refractivity contribution in [3.63, 3.8) is 0 Å². The lowest BCUT2D eigenvalue weighted by atomic mass is 10.1. The Bertz CT molecular complexity index is 1550. The summed E-state index contributed by atoms with van der Waals surface area (Å²) in [6.07, 6.45) is -2.21. The zero-order chi connectivity index (χ0) is 31.9. The van der Waals surface area contributed by atoms with E-state index in [0.29, 0.717) is 11.1 Å². The van der Waals surface area contributed by atoms with E-state index >= 15 is 0 Å². The van der Waals surface area contributed by atoms with Crippen molar-refractivity contribution in [1.82, 2.24) is 9.55 Å². The highest BCUT2D eigenvalue weighted by Crippen LogP contribution is 2.52. The maximum absolute atomic E-state index is 13.5. The minimum absolute atomic E-state index is 0.0353. The molecule has 0 saturated carbocycles. The van der Waals surface area contributed by atoms with Crippen LogP contribution in [-0.2, 0) is 27.8 Å². The van der Waals surface area contributed by atoms with Crippen LogP contribution in [0.3, 0.4) is 0 Å². The summed E-state index contributed by atoms with van der Waals surface area (Å²) in [6, 6.07) is 18.3. The predicted octanol–water partition coefficient (Wildman–Crippen LogP) is 5.19. The van der Waals surface area contributed by atoms with Crippen molar-refractivity contribution in [2.75, 3.05) is 12.4 Å². The van der Waals surface area contributed by atoms with Crippen molar-refractivity contribution in [1.29, 1.82) is 0 Å². The van der Waals surface area contributed by atoms with Crippen LogP contribution in [0, 0.1) is 0 Å². The molecule has 3 aromatic rings. The van der Waals surface area contributed by atoms with E-state index in [2.05, 4.69) is 10.3 Å². The van der Waals surface area contributed by atoms with Gasteiger partial charge in [-0.25, -0.2) is 9.59 Å². The van der Waals surface area contributed by atoms with E-state index in [1.807, 2.05) is 0 Å². The lowest BCUT2D eigenvalue weighted by molar-refractivity contribution is -0.0524. The first-order valence-electron chi connectivity index (χ1n) is 14.1. The molecule has 2 heterocycles. The van der Waals surface area contributed by atoms with Gasteiger partial charge in [0.25, 0.3) is 5.91 Å². The van der Waals surface area contributed by atoms with Gasteiger partial charge in [0.15, 0.2) is 12.3 Å².